The summed E-state index contributed by atoms with van der Waals surface area (Å²) in [6.07, 6.45) is 0. The normalized spacial score (nSPS) is 10.3. The van der Waals surface area contributed by atoms with Crippen LogP contribution in [0.5, 0.6) is 0 Å². The van der Waals surface area contributed by atoms with E-state index in [2.05, 4.69) is 34.0 Å². The minimum absolute atomic E-state index is 0.740. The van der Waals surface area contributed by atoms with Gasteiger partial charge < -0.3 is 11.1 Å². The van der Waals surface area contributed by atoms with Gasteiger partial charge >= 0.3 is 0 Å². The Labute approximate surface area is 119 Å². The lowest BCUT2D eigenvalue weighted by Crippen LogP contribution is -1.95. The van der Waals surface area contributed by atoms with Crippen LogP contribution >= 0.6 is 34.2 Å². The van der Waals surface area contributed by atoms with Crippen LogP contribution < -0.4 is 11.1 Å². The predicted molar refractivity (Wildman–Crippen MR) is 83.0 cm³/mol. The molecule has 0 aliphatic heterocycles. The Morgan fingerprint density at radius 2 is 1.94 bits per heavy atom. The molecule has 0 fully saturated rings. The lowest BCUT2D eigenvalue weighted by atomic mass is 10.2. The molecular formula is C13H12ClIN2. The van der Waals surface area contributed by atoms with Crippen molar-refractivity contribution in [3.8, 4) is 0 Å². The third kappa shape index (κ3) is 3.26. The molecule has 88 valence electrons. The number of aryl methyl sites for hydroxylation is 1. The van der Waals surface area contributed by atoms with E-state index in [9.17, 15) is 0 Å². The number of benzene rings is 2. The summed E-state index contributed by atoms with van der Waals surface area (Å²) in [7, 11) is 0. The summed E-state index contributed by atoms with van der Waals surface area (Å²) in [6.45, 7) is 2.02. The van der Waals surface area contributed by atoms with Gasteiger partial charge in [0.2, 0.25) is 0 Å². The van der Waals surface area contributed by atoms with Crippen molar-refractivity contribution >= 4 is 51.3 Å². The van der Waals surface area contributed by atoms with Crippen LogP contribution in [-0.4, -0.2) is 0 Å². The maximum absolute atomic E-state index is 5.92. The summed E-state index contributed by atoms with van der Waals surface area (Å²) in [4.78, 5) is 0. The smallest absolute Gasteiger partial charge is 0.0520 e. The van der Waals surface area contributed by atoms with Gasteiger partial charge in [0.15, 0.2) is 0 Å². The topological polar surface area (TPSA) is 38.0 Å². The second-order valence-corrected chi connectivity index (χ2v) is 5.48. The molecule has 2 rings (SSSR count). The monoisotopic (exact) mass is 358 g/mol. The van der Waals surface area contributed by atoms with Gasteiger partial charge in [-0.25, -0.2) is 0 Å². The lowest BCUT2D eigenvalue weighted by molar-refractivity contribution is 1.44. The molecule has 0 heterocycles. The van der Waals surface area contributed by atoms with Gasteiger partial charge in [0.1, 0.15) is 0 Å². The van der Waals surface area contributed by atoms with E-state index in [1.165, 1.54) is 0 Å². The Hall–Kier alpha value is -0.940. The third-order valence-corrected chi connectivity index (χ3v) is 3.44. The molecule has 2 aromatic rings. The van der Waals surface area contributed by atoms with Crippen LogP contribution in [0.15, 0.2) is 36.4 Å². The number of hydrogen-bond donors (Lipinski definition) is 2. The number of nitrogens with two attached hydrogens (primary N) is 1. The van der Waals surface area contributed by atoms with Gasteiger partial charge in [0, 0.05) is 20.0 Å². The maximum Gasteiger partial charge on any atom is 0.0520 e. The van der Waals surface area contributed by atoms with E-state index in [0.717, 1.165) is 31.2 Å². The second-order valence-electron chi connectivity index (χ2n) is 3.88. The van der Waals surface area contributed by atoms with Crippen LogP contribution in [0, 0.1) is 10.5 Å². The number of nitrogen functional groups attached to an aromatic ring is 1. The van der Waals surface area contributed by atoms with Crippen LogP contribution in [0.25, 0.3) is 0 Å². The Morgan fingerprint density at radius 3 is 2.59 bits per heavy atom. The highest BCUT2D eigenvalue weighted by atomic mass is 127. The van der Waals surface area contributed by atoms with E-state index in [4.69, 9.17) is 17.3 Å². The van der Waals surface area contributed by atoms with Crippen LogP contribution in [0.1, 0.15) is 5.56 Å². The maximum atomic E-state index is 5.92. The fourth-order valence-electron chi connectivity index (χ4n) is 1.63. The Bertz CT molecular complexity index is 535. The first kappa shape index (κ1) is 12.5. The summed E-state index contributed by atoms with van der Waals surface area (Å²) >= 11 is 8.17. The molecule has 4 heteroatoms. The van der Waals surface area contributed by atoms with Crippen LogP contribution in [0.4, 0.5) is 17.1 Å². The van der Waals surface area contributed by atoms with E-state index in [1.54, 1.807) is 0 Å². The second kappa shape index (κ2) is 5.14. The number of hydrogen-bond acceptors (Lipinski definition) is 2. The first-order chi connectivity index (χ1) is 8.04. The summed E-state index contributed by atoms with van der Waals surface area (Å²) in [5.41, 5.74) is 9.72. The SMILES string of the molecule is Cc1cc(N)cc(Nc2ccc(Cl)cc2I)c1. The molecule has 3 N–H and O–H groups in total. The summed E-state index contributed by atoms with van der Waals surface area (Å²) in [5.74, 6) is 0. The first-order valence-corrected chi connectivity index (χ1v) is 6.59. The number of rotatable bonds is 2. The highest BCUT2D eigenvalue weighted by Crippen LogP contribution is 2.26. The van der Waals surface area contributed by atoms with E-state index >= 15 is 0 Å². The highest BCUT2D eigenvalue weighted by Gasteiger charge is 2.02. The van der Waals surface area contributed by atoms with Crippen molar-refractivity contribution in [2.75, 3.05) is 11.1 Å². The van der Waals surface area contributed by atoms with Crippen LogP contribution in [0.2, 0.25) is 5.02 Å². The van der Waals surface area contributed by atoms with E-state index in [0.29, 0.717) is 0 Å². The fourth-order valence-corrected chi connectivity index (χ4v) is 2.64. The zero-order valence-electron chi connectivity index (χ0n) is 9.30. The van der Waals surface area contributed by atoms with Crippen molar-refractivity contribution in [2.24, 2.45) is 0 Å². The molecule has 0 spiro atoms. The van der Waals surface area contributed by atoms with Gasteiger partial charge in [-0.15, -0.1) is 0 Å². The Morgan fingerprint density at radius 1 is 1.18 bits per heavy atom. The van der Waals surface area contributed by atoms with Crippen molar-refractivity contribution in [3.05, 3.63) is 50.6 Å². The fraction of sp³-hybridized carbons (Fsp3) is 0.0769. The molecule has 17 heavy (non-hydrogen) atoms. The van der Waals surface area contributed by atoms with Crippen LogP contribution in [0.3, 0.4) is 0 Å². The van der Waals surface area contributed by atoms with Crippen molar-refractivity contribution in [2.45, 2.75) is 6.92 Å². The molecule has 0 radical (unpaired) electrons. The number of anilines is 3. The lowest BCUT2D eigenvalue weighted by Gasteiger charge is -2.10. The molecular weight excluding hydrogens is 347 g/mol. The van der Waals surface area contributed by atoms with Crippen molar-refractivity contribution in [1.29, 1.82) is 0 Å². The molecule has 0 aromatic heterocycles. The minimum Gasteiger partial charge on any atom is -0.399 e. The first-order valence-electron chi connectivity index (χ1n) is 5.14. The Balaban J connectivity index is 2.31. The zero-order valence-corrected chi connectivity index (χ0v) is 12.2. The van der Waals surface area contributed by atoms with E-state index in [1.807, 2.05) is 37.3 Å². The quantitative estimate of drug-likeness (QED) is 0.609. The van der Waals surface area contributed by atoms with E-state index < -0.39 is 0 Å². The largest absolute Gasteiger partial charge is 0.399 e. The molecule has 0 saturated carbocycles. The molecule has 0 amide bonds. The van der Waals surface area contributed by atoms with Gasteiger partial charge in [-0.05, 0) is 71.5 Å². The highest BCUT2D eigenvalue weighted by molar-refractivity contribution is 14.1. The molecule has 2 aromatic carbocycles. The minimum atomic E-state index is 0.740. The third-order valence-electron chi connectivity index (χ3n) is 2.31. The average Bonchev–Trinajstić information content (AvgIpc) is 2.21. The average molecular weight is 359 g/mol. The van der Waals surface area contributed by atoms with Crippen molar-refractivity contribution in [1.82, 2.24) is 0 Å². The molecule has 0 atom stereocenters. The summed E-state index contributed by atoms with van der Waals surface area (Å²) in [6, 6.07) is 11.7. The van der Waals surface area contributed by atoms with Gasteiger partial charge in [0.25, 0.3) is 0 Å². The number of nitrogens with one attached hydrogen (secondary N) is 1. The number of halogens is 2. The summed E-state index contributed by atoms with van der Waals surface area (Å²) in [5, 5.41) is 4.07. The molecule has 0 saturated heterocycles. The molecule has 0 aliphatic rings. The zero-order chi connectivity index (χ0) is 12.4. The van der Waals surface area contributed by atoms with Gasteiger partial charge in [-0.1, -0.05) is 11.6 Å². The van der Waals surface area contributed by atoms with Crippen LogP contribution in [-0.2, 0) is 0 Å². The van der Waals surface area contributed by atoms with Gasteiger partial charge in [-0.2, -0.15) is 0 Å². The van der Waals surface area contributed by atoms with Crippen molar-refractivity contribution in [3.63, 3.8) is 0 Å². The van der Waals surface area contributed by atoms with Gasteiger partial charge in [0.05, 0.1) is 5.69 Å². The van der Waals surface area contributed by atoms with E-state index in [-0.39, 0.29) is 0 Å². The van der Waals surface area contributed by atoms with Gasteiger partial charge in [-0.3, -0.25) is 0 Å². The van der Waals surface area contributed by atoms with Crippen molar-refractivity contribution < 1.29 is 0 Å². The molecule has 2 nitrogen and oxygen atoms in total. The summed E-state index contributed by atoms with van der Waals surface area (Å²) < 4.78 is 1.08. The molecule has 0 unspecified atom stereocenters. The predicted octanol–water partition coefficient (Wildman–Crippen LogP) is 4.58. The Kier molecular flexibility index (Phi) is 3.79. The molecule has 0 bridgehead atoms. The standard InChI is InChI=1S/C13H12ClIN2/c1-8-4-10(16)7-11(5-8)17-13-3-2-9(14)6-12(13)15/h2-7,17H,16H2,1H3. The molecule has 0 aliphatic carbocycles.